The number of unbranched alkanes of at least 4 members (excludes halogenated alkanes) is 4. The topological polar surface area (TPSA) is 29.5 Å². The first-order valence-electron chi connectivity index (χ1n) is 7.16. The first kappa shape index (κ1) is 16.0. The molecule has 0 N–H and O–H groups in total. The fourth-order valence-electron chi connectivity index (χ4n) is 2.37. The molecular weight excluding hydrogens is 294 g/mol. The standard InChI is InChI=1S/C14H26BrNO2/c1-3-4-5-6-7-8-14(17)16-10-12(2)18-13(9-15)11-16/h12-13H,3-11H2,1-2H3. The molecule has 1 heterocycles. The van der Waals surface area contributed by atoms with Gasteiger partial charge >= 0.3 is 0 Å². The Morgan fingerprint density at radius 2 is 2.00 bits per heavy atom. The molecule has 3 nitrogen and oxygen atoms in total. The number of amides is 1. The highest BCUT2D eigenvalue weighted by Crippen LogP contribution is 2.15. The maximum atomic E-state index is 12.1. The van der Waals surface area contributed by atoms with Crippen molar-refractivity contribution < 1.29 is 9.53 Å². The Morgan fingerprint density at radius 1 is 1.28 bits per heavy atom. The lowest BCUT2D eigenvalue weighted by Crippen LogP contribution is -2.49. The van der Waals surface area contributed by atoms with Gasteiger partial charge in [0.05, 0.1) is 12.2 Å². The Bertz CT molecular complexity index is 248. The molecule has 0 saturated carbocycles. The number of carbonyl (C=O) groups excluding carboxylic acids is 1. The third-order valence-electron chi connectivity index (χ3n) is 3.35. The lowest BCUT2D eigenvalue weighted by atomic mass is 10.1. The number of nitrogens with zero attached hydrogens (tertiary/aromatic N) is 1. The molecule has 1 aliphatic rings. The van der Waals surface area contributed by atoms with E-state index in [4.69, 9.17) is 4.74 Å². The van der Waals surface area contributed by atoms with Crippen LogP contribution in [0, 0.1) is 0 Å². The molecule has 0 aromatic carbocycles. The molecule has 0 radical (unpaired) electrons. The van der Waals surface area contributed by atoms with Crippen LogP contribution < -0.4 is 0 Å². The Hall–Kier alpha value is -0.0900. The molecule has 0 aromatic heterocycles. The van der Waals surface area contributed by atoms with Crippen molar-refractivity contribution in [3.8, 4) is 0 Å². The molecule has 2 unspecified atom stereocenters. The van der Waals surface area contributed by atoms with Gasteiger partial charge in [0.15, 0.2) is 0 Å². The number of hydrogen-bond acceptors (Lipinski definition) is 2. The molecule has 2 atom stereocenters. The number of ether oxygens (including phenoxy) is 1. The van der Waals surface area contributed by atoms with E-state index in [2.05, 4.69) is 22.9 Å². The average molecular weight is 320 g/mol. The second-order valence-electron chi connectivity index (χ2n) is 5.19. The van der Waals surface area contributed by atoms with E-state index >= 15 is 0 Å². The normalized spacial score (nSPS) is 24.3. The van der Waals surface area contributed by atoms with Gasteiger partial charge in [-0.2, -0.15) is 0 Å². The van der Waals surface area contributed by atoms with Gasteiger partial charge in [-0.15, -0.1) is 0 Å². The first-order chi connectivity index (χ1) is 8.67. The predicted octanol–water partition coefficient (Wildman–Crippen LogP) is 3.36. The summed E-state index contributed by atoms with van der Waals surface area (Å²) in [4.78, 5) is 14.1. The highest BCUT2D eigenvalue weighted by Gasteiger charge is 2.27. The molecule has 4 heteroatoms. The van der Waals surface area contributed by atoms with Gasteiger partial charge in [-0.25, -0.2) is 0 Å². The smallest absolute Gasteiger partial charge is 0.222 e. The zero-order valence-electron chi connectivity index (χ0n) is 11.7. The first-order valence-corrected chi connectivity index (χ1v) is 8.28. The number of halogens is 1. The summed E-state index contributed by atoms with van der Waals surface area (Å²) < 4.78 is 5.73. The van der Waals surface area contributed by atoms with Gasteiger partial charge in [0, 0.05) is 24.8 Å². The quantitative estimate of drug-likeness (QED) is 0.532. The molecule has 1 amide bonds. The van der Waals surface area contributed by atoms with E-state index in [1.54, 1.807) is 0 Å². The highest BCUT2D eigenvalue weighted by atomic mass is 79.9. The summed E-state index contributed by atoms with van der Waals surface area (Å²) >= 11 is 3.43. The number of alkyl halides is 1. The summed E-state index contributed by atoms with van der Waals surface area (Å²) in [7, 11) is 0. The van der Waals surface area contributed by atoms with E-state index in [-0.39, 0.29) is 12.2 Å². The van der Waals surface area contributed by atoms with Crippen molar-refractivity contribution in [1.29, 1.82) is 0 Å². The van der Waals surface area contributed by atoms with E-state index < -0.39 is 0 Å². The Kier molecular flexibility index (Phi) is 7.91. The van der Waals surface area contributed by atoms with Crippen LogP contribution in [-0.2, 0) is 9.53 Å². The summed E-state index contributed by atoms with van der Waals surface area (Å²) in [5.74, 6) is 0.299. The largest absolute Gasteiger partial charge is 0.371 e. The minimum Gasteiger partial charge on any atom is -0.371 e. The van der Waals surface area contributed by atoms with Gasteiger partial charge in [0.1, 0.15) is 0 Å². The fraction of sp³-hybridized carbons (Fsp3) is 0.929. The number of rotatable bonds is 7. The van der Waals surface area contributed by atoms with Gasteiger partial charge in [0.25, 0.3) is 0 Å². The average Bonchev–Trinajstić information content (AvgIpc) is 2.37. The molecular formula is C14H26BrNO2. The van der Waals surface area contributed by atoms with Gasteiger partial charge in [-0.3, -0.25) is 4.79 Å². The SMILES string of the molecule is CCCCCCCC(=O)N1CC(C)OC(CBr)C1. The summed E-state index contributed by atoms with van der Waals surface area (Å²) in [5.41, 5.74) is 0. The number of hydrogen-bond donors (Lipinski definition) is 0. The molecule has 0 aliphatic carbocycles. The van der Waals surface area contributed by atoms with Crippen molar-refractivity contribution in [3.63, 3.8) is 0 Å². The zero-order valence-corrected chi connectivity index (χ0v) is 13.2. The molecule has 1 saturated heterocycles. The van der Waals surface area contributed by atoms with Crippen LogP contribution >= 0.6 is 15.9 Å². The molecule has 0 spiro atoms. The van der Waals surface area contributed by atoms with Crippen molar-refractivity contribution in [2.45, 2.75) is 64.6 Å². The van der Waals surface area contributed by atoms with Gasteiger partial charge in [-0.05, 0) is 13.3 Å². The summed E-state index contributed by atoms with van der Waals surface area (Å²) in [6.07, 6.45) is 7.02. The second-order valence-corrected chi connectivity index (χ2v) is 5.83. The third-order valence-corrected chi connectivity index (χ3v) is 4.07. The minimum absolute atomic E-state index is 0.151. The maximum Gasteiger partial charge on any atom is 0.222 e. The van der Waals surface area contributed by atoms with Crippen LogP contribution in [0.15, 0.2) is 0 Å². The predicted molar refractivity (Wildman–Crippen MR) is 78.1 cm³/mol. The lowest BCUT2D eigenvalue weighted by molar-refractivity contribution is -0.142. The molecule has 0 bridgehead atoms. The number of morpholine rings is 1. The van der Waals surface area contributed by atoms with E-state index in [0.29, 0.717) is 12.3 Å². The van der Waals surface area contributed by atoms with Crippen molar-refractivity contribution in [3.05, 3.63) is 0 Å². The summed E-state index contributed by atoms with van der Waals surface area (Å²) in [6, 6.07) is 0. The molecule has 18 heavy (non-hydrogen) atoms. The summed E-state index contributed by atoms with van der Waals surface area (Å²) in [5, 5.41) is 0.803. The van der Waals surface area contributed by atoms with Crippen molar-refractivity contribution >= 4 is 21.8 Å². The Morgan fingerprint density at radius 3 is 2.67 bits per heavy atom. The lowest BCUT2D eigenvalue weighted by Gasteiger charge is -2.36. The van der Waals surface area contributed by atoms with Gasteiger partial charge in [-0.1, -0.05) is 48.5 Å². The highest BCUT2D eigenvalue weighted by molar-refractivity contribution is 9.09. The van der Waals surface area contributed by atoms with E-state index in [0.717, 1.165) is 24.8 Å². The van der Waals surface area contributed by atoms with Crippen LogP contribution in [0.3, 0.4) is 0 Å². The fourth-order valence-corrected chi connectivity index (χ4v) is 2.73. The van der Waals surface area contributed by atoms with Crippen LogP contribution in [0.5, 0.6) is 0 Å². The molecule has 1 aliphatic heterocycles. The van der Waals surface area contributed by atoms with Crippen LogP contribution in [0.2, 0.25) is 0 Å². The summed E-state index contributed by atoms with van der Waals surface area (Å²) in [6.45, 7) is 5.73. The van der Waals surface area contributed by atoms with E-state index in [1.807, 2.05) is 11.8 Å². The minimum atomic E-state index is 0.151. The van der Waals surface area contributed by atoms with E-state index in [1.165, 1.54) is 25.7 Å². The van der Waals surface area contributed by atoms with Crippen molar-refractivity contribution in [2.24, 2.45) is 0 Å². The van der Waals surface area contributed by atoms with Crippen LogP contribution in [-0.4, -0.2) is 41.4 Å². The Balaban J connectivity index is 2.23. The van der Waals surface area contributed by atoms with Crippen LogP contribution in [0.4, 0.5) is 0 Å². The number of carbonyl (C=O) groups is 1. The molecule has 106 valence electrons. The monoisotopic (exact) mass is 319 g/mol. The van der Waals surface area contributed by atoms with Gasteiger partial charge in [0.2, 0.25) is 5.91 Å². The van der Waals surface area contributed by atoms with E-state index in [9.17, 15) is 4.79 Å². The molecule has 0 aromatic rings. The van der Waals surface area contributed by atoms with Gasteiger partial charge < -0.3 is 9.64 Å². The van der Waals surface area contributed by atoms with Crippen molar-refractivity contribution in [2.75, 3.05) is 18.4 Å². The van der Waals surface area contributed by atoms with Crippen LogP contribution in [0.1, 0.15) is 52.4 Å². The second kappa shape index (κ2) is 8.92. The van der Waals surface area contributed by atoms with Crippen molar-refractivity contribution in [1.82, 2.24) is 4.90 Å². The zero-order chi connectivity index (χ0) is 13.4. The Labute approximate surface area is 119 Å². The third kappa shape index (κ3) is 5.70. The van der Waals surface area contributed by atoms with Crippen LogP contribution in [0.25, 0.3) is 0 Å². The maximum absolute atomic E-state index is 12.1. The molecule has 1 fully saturated rings. The molecule has 1 rings (SSSR count).